The third-order valence-electron chi connectivity index (χ3n) is 4.29. The SMILES string of the molecule is Cc1[nH]nc2ncc(C(=O)Nc3ccc(NC(=O)Nc4ccccc4)cc3)cc12. The average Bonchev–Trinajstić information content (AvgIpc) is 3.10. The Bertz CT molecular complexity index is 1170. The summed E-state index contributed by atoms with van der Waals surface area (Å²) in [5.74, 6) is -0.275. The summed E-state index contributed by atoms with van der Waals surface area (Å²) in [6, 6.07) is 17.4. The van der Waals surface area contributed by atoms with Gasteiger partial charge in [-0.25, -0.2) is 9.78 Å². The molecule has 0 bridgehead atoms. The van der Waals surface area contributed by atoms with Crippen LogP contribution in [0.1, 0.15) is 16.1 Å². The Morgan fingerprint density at radius 2 is 1.48 bits per heavy atom. The molecule has 8 heteroatoms. The molecule has 0 saturated heterocycles. The first-order valence-electron chi connectivity index (χ1n) is 8.94. The molecular weight excluding hydrogens is 368 g/mol. The van der Waals surface area contributed by atoms with Gasteiger partial charge in [-0.3, -0.25) is 9.89 Å². The predicted molar refractivity (Wildman–Crippen MR) is 112 cm³/mol. The number of aryl methyl sites for hydroxylation is 1. The van der Waals surface area contributed by atoms with Crippen LogP contribution in [0.3, 0.4) is 0 Å². The van der Waals surface area contributed by atoms with Gasteiger partial charge in [0, 0.05) is 34.3 Å². The number of rotatable bonds is 4. The van der Waals surface area contributed by atoms with E-state index in [2.05, 4.69) is 31.1 Å². The molecule has 0 aliphatic rings. The predicted octanol–water partition coefficient (Wildman–Crippen LogP) is 4.16. The third kappa shape index (κ3) is 4.22. The van der Waals surface area contributed by atoms with Crippen LogP contribution in [0.25, 0.3) is 11.0 Å². The Labute approximate surface area is 166 Å². The summed E-state index contributed by atoms with van der Waals surface area (Å²) in [5.41, 5.74) is 3.77. The van der Waals surface area contributed by atoms with E-state index in [0.717, 1.165) is 11.1 Å². The normalized spacial score (nSPS) is 10.5. The van der Waals surface area contributed by atoms with Crippen LogP contribution in [0.5, 0.6) is 0 Å². The number of para-hydroxylation sites is 1. The number of amides is 3. The lowest BCUT2D eigenvalue weighted by atomic mass is 10.2. The zero-order valence-electron chi connectivity index (χ0n) is 15.6. The highest BCUT2D eigenvalue weighted by molar-refractivity contribution is 6.06. The number of aromatic nitrogens is 3. The number of carbonyl (C=O) groups is 2. The van der Waals surface area contributed by atoms with Gasteiger partial charge < -0.3 is 16.0 Å². The fourth-order valence-corrected chi connectivity index (χ4v) is 2.80. The second-order valence-corrected chi connectivity index (χ2v) is 6.42. The summed E-state index contributed by atoms with van der Waals surface area (Å²) in [6.07, 6.45) is 1.49. The van der Waals surface area contributed by atoms with Crippen molar-refractivity contribution in [2.24, 2.45) is 0 Å². The number of pyridine rings is 1. The fourth-order valence-electron chi connectivity index (χ4n) is 2.80. The Balaban J connectivity index is 1.39. The van der Waals surface area contributed by atoms with Crippen molar-refractivity contribution in [3.63, 3.8) is 0 Å². The highest BCUT2D eigenvalue weighted by Crippen LogP contribution is 2.18. The number of hydrogen-bond acceptors (Lipinski definition) is 4. The molecule has 4 rings (SSSR count). The maximum absolute atomic E-state index is 12.5. The highest BCUT2D eigenvalue weighted by atomic mass is 16.2. The van der Waals surface area contributed by atoms with Gasteiger partial charge in [0.2, 0.25) is 0 Å². The van der Waals surface area contributed by atoms with Gasteiger partial charge in [0.05, 0.1) is 5.56 Å². The molecule has 144 valence electrons. The van der Waals surface area contributed by atoms with Crippen LogP contribution in [-0.4, -0.2) is 27.1 Å². The Morgan fingerprint density at radius 1 is 0.862 bits per heavy atom. The first-order valence-corrected chi connectivity index (χ1v) is 8.94. The topological polar surface area (TPSA) is 112 Å². The van der Waals surface area contributed by atoms with Gasteiger partial charge in [0.1, 0.15) is 0 Å². The maximum atomic E-state index is 12.5. The quantitative estimate of drug-likeness (QED) is 0.422. The zero-order chi connectivity index (χ0) is 20.2. The van der Waals surface area contributed by atoms with Crippen molar-refractivity contribution < 1.29 is 9.59 Å². The van der Waals surface area contributed by atoms with Crippen molar-refractivity contribution in [2.45, 2.75) is 6.92 Å². The Kier molecular flexibility index (Phi) is 4.90. The summed E-state index contributed by atoms with van der Waals surface area (Å²) in [4.78, 5) is 28.7. The molecular formula is C21H18N6O2. The van der Waals surface area contributed by atoms with E-state index in [9.17, 15) is 9.59 Å². The smallest absolute Gasteiger partial charge is 0.322 e. The minimum atomic E-state index is -0.345. The lowest BCUT2D eigenvalue weighted by Crippen LogP contribution is -2.19. The number of carbonyl (C=O) groups excluding carboxylic acids is 2. The molecule has 8 nitrogen and oxygen atoms in total. The van der Waals surface area contributed by atoms with Gasteiger partial charge in [-0.05, 0) is 49.4 Å². The second-order valence-electron chi connectivity index (χ2n) is 6.42. The van der Waals surface area contributed by atoms with E-state index in [1.807, 2.05) is 25.1 Å². The second kappa shape index (κ2) is 7.81. The lowest BCUT2D eigenvalue weighted by molar-refractivity contribution is 0.102. The summed E-state index contributed by atoms with van der Waals surface area (Å²) in [7, 11) is 0. The molecule has 0 atom stereocenters. The van der Waals surface area contributed by atoms with E-state index in [-0.39, 0.29) is 11.9 Å². The Morgan fingerprint density at radius 3 is 2.17 bits per heavy atom. The summed E-state index contributed by atoms with van der Waals surface area (Å²) in [6.45, 7) is 1.87. The van der Waals surface area contributed by atoms with Crippen LogP contribution in [-0.2, 0) is 0 Å². The minimum Gasteiger partial charge on any atom is -0.322 e. The van der Waals surface area contributed by atoms with E-state index in [4.69, 9.17) is 0 Å². The number of nitrogens with one attached hydrogen (secondary N) is 4. The van der Waals surface area contributed by atoms with Gasteiger partial charge in [0.25, 0.3) is 5.91 Å². The average molecular weight is 386 g/mol. The maximum Gasteiger partial charge on any atom is 0.323 e. The van der Waals surface area contributed by atoms with Crippen LogP contribution in [0.2, 0.25) is 0 Å². The van der Waals surface area contributed by atoms with E-state index >= 15 is 0 Å². The molecule has 0 aliphatic heterocycles. The van der Waals surface area contributed by atoms with Crippen LogP contribution in [0.4, 0.5) is 21.9 Å². The fraction of sp³-hybridized carbons (Fsp3) is 0.0476. The summed E-state index contributed by atoms with van der Waals surface area (Å²) in [5, 5.41) is 16.0. The Hall–Kier alpha value is -4.20. The largest absolute Gasteiger partial charge is 0.323 e. The van der Waals surface area contributed by atoms with Crippen LogP contribution < -0.4 is 16.0 Å². The number of fused-ring (bicyclic) bond motifs is 1. The van der Waals surface area contributed by atoms with Gasteiger partial charge >= 0.3 is 6.03 Å². The van der Waals surface area contributed by atoms with Crippen molar-refractivity contribution in [1.82, 2.24) is 15.2 Å². The van der Waals surface area contributed by atoms with Crippen molar-refractivity contribution >= 4 is 40.0 Å². The first-order chi connectivity index (χ1) is 14.1. The number of hydrogen-bond donors (Lipinski definition) is 4. The van der Waals surface area contributed by atoms with E-state index < -0.39 is 0 Å². The third-order valence-corrected chi connectivity index (χ3v) is 4.29. The molecule has 0 fully saturated rings. The van der Waals surface area contributed by atoms with Gasteiger partial charge in [-0.15, -0.1) is 0 Å². The first kappa shape index (κ1) is 18.2. The van der Waals surface area contributed by atoms with Crippen LogP contribution >= 0.6 is 0 Å². The van der Waals surface area contributed by atoms with E-state index in [1.54, 1.807) is 42.5 Å². The van der Waals surface area contributed by atoms with Crippen molar-refractivity contribution in [3.05, 3.63) is 78.1 Å². The number of H-pyrrole nitrogens is 1. The van der Waals surface area contributed by atoms with Crippen LogP contribution in [0.15, 0.2) is 66.9 Å². The number of anilines is 3. The number of urea groups is 1. The molecule has 2 heterocycles. The van der Waals surface area contributed by atoms with Gasteiger partial charge in [-0.1, -0.05) is 18.2 Å². The number of benzene rings is 2. The summed E-state index contributed by atoms with van der Waals surface area (Å²) < 4.78 is 0. The van der Waals surface area contributed by atoms with E-state index in [0.29, 0.717) is 28.3 Å². The molecule has 0 aliphatic carbocycles. The molecule has 0 radical (unpaired) electrons. The molecule has 29 heavy (non-hydrogen) atoms. The number of aromatic amines is 1. The van der Waals surface area contributed by atoms with Crippen molar-refractivity contribution in [1.29, 1.82) is 0 Å². The minimum absolute atomic E-state index is 0.275. The molecule has 3 amide bonds. The molecule has 4 aromatic rings. The van der Waals surface area contributed by atoms with E-state index in [1.165, 1.54) is 6.20 Å². The van der Waals surface area contributed by atoms with Crippen molar-refractivity contribution in [3.8, 4) is 0 Å². The molecule has 4 N–H and O–H groups in total. The zero-order valence-corrected chi connectivity index (χ0v) is 15.6. The molecule has 2 aromatic carbocycles. The monoisotopic (exact) mass is 386 g/mol. The van der Waals surface area contributed by atoms with Gasteiger partial charge in [-0.2, -0.15) is 5.10 Å². The molecule has 0 unspecified atom stereocenters. The number of nitrogens with zero attached hydrogens (tertiary/aromatic N) is 2. The standard InChI is InChI=1S/C21H18N6O2/c1-13-18-11-14(12-22-19(18)27-26-13)20(28)23-16-7-9-17(10-8-16)25-21(29)24-15-5-3-2-4-6-15/h2-12H,1H3,(H,23,28)(H,22,26,27)(H2,24,25,29). The van der Waals surface area contributed by atoms with Crippen molar-refractivity contribution in [2.75, 3.05) is 16.0 Å². The molecule has 0 saturated carbocycles. The lowest BCUT2D eigenvalue weighted by Gasteiger charge is -2.09. The molecule has 0 spiro atoms. The summed E-state index contributed by atoms with van der Waals surface area (Å²) >= 11 is 0. The molecule has 2 aromatic heterocycles. The highest BCUT2D eigenvalue weighted by Gasteiger charge is 2.11. The van der Waals surface area contributed by atoms with Crippen LogP contribution in [0, 0.1) is 6.92 Å². The van der Waals surface area contributed by atoms with Gasteiger partial charge in [0.15, 0.2) is 5.65 Å².